The van der Waals surface area contributed by atoms with E-state index < -0.39 is 0 Å². The second-order valence-corrected chi connectivity index (χ2v) is 6.96. The minimum Gasteiger partial charge on any atom is -0.398 e. The van der Waals surface area contributed by atoms with Crippen LogP contribution in [0.1, 0.15) is 32.6 Å². The lowest BCUT2D eigenvalue weighted by atomic mass is 9.81. The fraction of sp³-hybridized carbons (Fsp3) is 0.0909. The summed E-state index contributed by atoms with van der Waals surface area (Å²) in [7, 11) is 0. The van der Waals surface area contributed by atoms with Crippen molar-refractivity contribution in [3.8, 4) is 11.1 Å². The lowest BCUT2D eigenvalue weighted by Crippen LogP contribution is -2.23. The number of carbonyl (C=O) groups excluding carboxylic acids is 1. The molecule has 0 spiro atoms. The number of rotatable bonds is 3. The van der Waals surface area contributed by atoms with E-state index in [4.69, 9.17) is 28.8 Å². The van der Waals surface area contributed by atoms with Gasteiger partial charge in [-0.1, -0.05) is 60.7 Å². The van der Waals surface area contributed by atoms with Crippen LogP contribution in [0.3, 0.4) is 0 Å². The van der Waals surface area contributed by atoms with Crippen LogP contribution in [-0.2, 0) is 6.42 Å². The molecule has 5 heteroatoms. The van der Waals surface area contributed by atoms with Gasteiger partial charge in [0.05, 0.1) is 10.4 Å². The van der Waals surface area contributed by atoms with Crippen molar-refractivity contribution in [2.75, 3.05) is 18.1 Å². The molecular formula is C22H18N2O2S. The van der Waals surface area contributed by atoms with E-state index in [0.29, 0.717) is 44.9 Å². The Balaban J connectivity index is 1.90. The van der Waals surface area contributed by atoms with Crippen LogP contribution in [-0.4, -0.2) is 22.4 Å². The van der Waals surface area contributed by atoms with Gasteiger partial charge in [-0.05, 0) is 23.6 Å². The van der Waals surface area contributed by atoms with Crippen molar-refractivity contribution in [3.05, 3.63) is 82.4 Å². The summed E-state index contributed by atoms with van der Waals surface area (Å²) in [6, 6.07) is 16.8. The molecule has 1 aliphatic rings. The zero-order valence-corrected chi connectivity index (χ0v) is 15.3. The summed E-state index contributed by atoms with van der Waals surface area (Å²) in [5, 5.41) is 9.07. The van der Waals surface area contributed by atoms with Crippen LogP contribution in [0.2, 0.25) is 0 Å². The summed E-state index contributed by atoms with van der Waals surface area (Å²) < 4.78 is 0. The lowest BCUT2D eigenvalue weighted by Gasteiger charge is -2.24. The number of ketones is 1. The van der Waals surface area contributed by atoms with Crippen LogP contribution < -0.4 is 11.5 Å². The van der Waals surface area contributed by atoms with Crippen molar-refractivity contribution < 1.29 is 9.90 Å². The van der Waals surface area contributed by atoms with Crippen LogP contribution in [0.15, 0.2) is 54.6 Å². The maximum atomic E-state index is 13.0. The van der Waals surface area contributed by atoms with Crippen LogP contribution in [0.5, 0.6) is 0 Å². The van der Waals surface area contributed by atoms with Gasteiger partial charge in [0.1, 0.15) is 0 Å². The third-order valence-electron chi connectivity index (χ3n) is 4.93. The number of carbonyl (C=O) groups is 1. The highest BCUT2D eigenvalue weighted by atomic mass is 32.1. The molecule has 0 radical (unpaired) electrons. The average molecular weight is 374 g/mol. The Morgan fingerprint density at radius 1 is 0.889 bits per heavy atom. The maximum Gasteiger partial charge on any atom is 0.196 e. The van der Waals surface area contributed by atoms with Crippen molar-refractivity contribution in [2.24, 2.45) is 0 Å². The van der Waals surface area contributed by atoms with Crippen molar-refractivity contribution >= 4 is 34.2 Å². The van der Waals surface area contributed by atoms with E-state index in [0.717, 1.165) is 16.7 Å². The van der Waals surface area contributed by atoms with Gasteiger partial charge in [0.15, 0.2) is 5.78 Å². The summed E-state index contributed by atoms with van der Waals surface area (Å²) >= 11 is 5.66. The van der Waals surface area contributed by atoms with Crippen molar-refractivity contribution in [3.63, 3.8) is 0 Å². The average Bonchev–Trinajstić information content (AvgIpc) is 2.68. The molecule has 0 atom stereocenters. The Kier molecular flexibility index (Phi) is 4.26. The van der Waals surface area contributed by atoms with Crippen LogP contribution in [0.25, 0.3) is 11.1 Å². The molecule has 1 aliphatic carbocycles. The minimum absolute atomic E-state index is 0.100. The molecule has 4 rings (SSSR count). The maximum absolute atomic E-state index is 13.0. The van der Waals surface area contributed by atoms with Crippen molar-refractivity contribution in [1.29, 1.82) is 0 Å². The van der Waals surface area contributed by atoms with Crippen molar-refractivity contribution in [1.82, 2.24) is 0 Å². The molecule has 0 heterocycles. The smallest absolute Gasteiger partial charge is 0.196 e. The summed E-state index contributed by atoms with van der Waals surface area (Å²) in [6.45, 7) is 0.100. The summed E-state index contributed by atoms with van der Waals surface area (Å²) in [5.41, 5.74) is 18.4. The van der Waals surface area contributed by atoms with E-state index in [1.54, 1.807) is 12.1 Å². The molecule has 0 aromatic heterocycles. The number of hydrogen-bond acceptors (Lipinski definition) is 5. The number of fused-ring (bicyclic) bond motifs is 2. The molecule has 0 amide bonds. The Bertz CT molecular complexity index is 1090. The molecule has 27 heavy (non-hydrogen) atoms. The predicted molar refractivity (Wildman–Crippen MR) is 112 cm³/mol. The quantitative estimate of drug-likeness (QED) is 0.378. The Labute approximate surface area is 162 Å². The largest absolute Gasteiger partial charge is 0.398 e. The molecule has 0 fully saturated rings. The first-order valence-corrected chi connectivity index (χ1v) is 9.04. The topological polar surface area (TPSA) is 89.3 Å². The molecule has 0 aliphatic heterocycles. The summed E-state index contributed by atoms with van der Waals surface area (Å²) in [4.78, 5) is 13.5. The van der Waals surface area contributed by atoms with E-state index in [9.17, 15) is 4.79 Å². The minimum atomic E-state index is -0.150. The summed E-state index contributed by atoms with van der Waals surface area (Å²) in [6.07, 6.45) is 0.595. The second kappa shape index (κ2) is 6.61. The Morgan fingerprint density at radius 2 is 1.56 bits per heavy atom. The van der Waals surface area contributed by atoms with E-state index in [2.05, 4.69) is 0 Å². The Hall–Kier alpha value is -3.02. The molecule has 0 saturated carbocycles. The number of hydrogen-bond donors (Lipinski definition) is 3. The van der Waals surface area contributed by atoms with Gasteiger partial charge in [0.2, 0.25) is 0 Å². The molecule has 3 aromatic rings. The molecule has 4 nitrogen and oxygen atoms in total. The number of benzene rings is 3. The van der Waals surface area contributed by atoms with E-state index in [1.807, 2.05) is 42.5 Å². The fourth-order valence-electron chi connectivity index (χ4n) is 3.57. The highest BCUT2D eigenvalue weighted by molar-refractivity contribution is 7.81. The first-order valence-electron chi connectivity index (χ1n) is 8.63. The molecule has 3 aromatic carbocycles. The Morgan fingerprint density at radius 3 is 2.22 bits per heavy atom. The van der Waals surface area contributed by atoms with E-state index in [-0.39, 0.29) is 12.4 Å². The number of aliphatic hydroxyl groups is 1. The SMILES string of the molecule is Nc1cc(-c2ccc(CCO)cc2)c(N)c2c1C(=O)c1ccccc1C2=S. The third kappa shape index (κ3) is 2.72. The van der Waals surface area contributed by atoms with Gasteiger partial charge in [0, 0.05) is 40.2 Å². The number of anilines is 2. The fourth-order valence-corrected chi connectivity index (χ4v) is 3.96. The number of nitrogen functional groups attached to an aromatic ring is 2. The molecule has 0 bridgehead atoms. The lowest BCUT2D eigenvalue weighted by molar-refractivity contribution is 0.103. The second-order valence-electron chi connectivity index (χ2n) is 6.55. The van der Waals surface area contributed by atoms with Gasteiger partial charge in [-0.15, -0.1) is 0 Å². The predicted octanol–water partition coefficient (Wildman–Crippen LogP) is 3.36. The van der Waals surface area contributed by atoms with Crippen LogP contribution in [0, 0.1) is 0 Å². The van der Waals surface area contributed by atoms with Gasteiger partial charge < -0.3 is 16.6 Å². The van der Waals surface area contributed by atoms with Crippen LogP contribution >= 0.6 is 12.2 Å². The molecule has 134 valence electrons. The molecule has 0 saturated heterocycles. The standard InChI is InChI=1S/C22H18N2O2S/c23-17-11-16(13-7-5-12(6-8-13)9-10-25)20(24)19-18(17)21(26)14-3-1-2-4-15(14)22(19)27/h1-8,11,25H,9-10,23-24H2. The summed E-state index contributed by atoms with van der Waals surface area (Å²) in [5.74, 6) is -0.150. The first-order chi connectivity index (χ1) is 13.0. The third-order valence-corrected chi connectivity index (χ3v) is 5.36. The van der Waals surface area contributed by atoms with Gasteiger partial charge in [0.25, 0.3) is 0 Å². The normalized spacial score (nSPS) is 12.6. The van der Waals surface area contributed by atoms with Crippen molar-refractivity contribution in [2.45, 2.75) is 6.42 Å². The highest BCUT2D eigenvalue weighted by Gasteiger charge is 2.31. The molecule has 0 unspecified atom stereocenters. The number of nitrogens with two attached hydrogens (primary N) is 2. The zero-order chi connectivity index (χ0) is 19.1. The highest BCUT2D eigenvalue weighted by Crippen LogP contribution is 2.40. The van der Waals surface area contributed by atoms with E-state index in [1.165, 1.54) is 0 Å². The molecule has 5 N–H and O–H groups in total. The molecular weight excluding hydrogens is 356 g/mol. The van der Waals surface area contributed by atoms with Gasteiger partial charge in [-0.3, -0.25) is 4.79 Å². The zero-order valence-electron chi connectivity index (χ0n) is 14.5. The van der Waals surface area contributed by atoms with Gasteiger partial charge in [-0.25, -0.2) is 0 Å². The number of thiocarbonyl (C=S) groups is 1. The monoisotopic (exact) mass is 374 g/mol. The van der Waals surface area contributed by atoms with E-state index >= 15 is 0 Å². The van der Waals surface area contributed by atoms with Crippen LogP contribution in [0.4, 0.5) is 11.4 Å². The van der Waals surface area contributed by atoms with Gasteiger partial charge >= 0.3 is 0 Å². The first kappa shape index (κ1) is 17.4. The number of aliphatic hydroxyl groups excluding tert-OH is 1. The van der Waals surface area contributed by atoms with Gasteiger partial charge in [-0.2, -0.15) is 0 Å².